The van der Waals surface area contributed by atoms with Gasteiger partial charge in [-0.15, -0.1) is 0 Å². The molecule has 0 fully saturated rings. The molecule has 0 bridgehead atoms. The number of aliphatic hydroxyl groups excluding tert-OH is 1. The summed E-state index contributed by atoms with van der Waals surface area (Å²) in [6.45, 7) is 2.61. The summed E-state index contributed by atoms with van der Waals surface area (Å²) in [5.41, 5.74) is 5.21. The van der Waals surface area contributed by atoms with Crippen LogP contribution in [0.1, 0.15) is 13.3 Å². The molecule has 1 unspecified atom stereocenters. The first kappa shape index (κ1) is 10.3. The summed E-state index contributed by atoms with van der Waals surface area (Å²) in [4.78, 5) is 0. The lowest BCUT2D eigenvalue weighted by atomic mass is 10.5. The topological polar surface area (TPSA) is 46.2 Å². The van der Waals surface area contributed by atoms with Gasteiger partial charge in [-0.05, 0) is 38.2 Å². The van der Waals surface area contributed by atoms with E-state index < -0.39 is 10.0 Å². The third-order valence-electron chi connectivity index (χ3n) is 1.80. The van der Waals surface area contributed by atoms with E-state index in [0.717, 1.165) is 18.7 Å². The van der Waals surface area contributed by atoms with Gasteiger partial charge in [0.2, 0.25) is 0 Å². The highest BCUT2D eigenvalue weighted by molar-refractivity contribution is 8.33. The predicted molar refractivity (Wildman–Crippen MR) is 49.7 cm³/mol. The van der Waals surface area contributed by atoms with E-state index in [4.69, 9.17) is 5.73 Å². The van der Waals surface area contributed by atoms with Crippen LogP contribution in [-0.2, 0) is 0 Å². The Kier molecular flexibility index (Phi) is 4.32. The van der Waals surface area contributed by atoms with Crippen LogP contribution in [0.25, 0.3) is 0 Å². The van der Waals surface area contributed by atoms with Gasteiger partial charge < -0.3 is 10.8 Å². The van der Waals surface area contributed by atoms with E-state index in [0.29, 0.717) is 0 Å². The van der Waals surface area contributed by atoms with Crippen LogP contribution < -0.4 is 5.73 Å². The normalized spacial score (nSPS) is 16.9. The molecule has 0 amide bonds. The van der Waals surface area contributed by atoms with Crippen molar-refractivity contribution < 1.29 is 5.11 Å². The Morgan fingerprint density at radius 3 is 2.30 bits per heavy atom. The Bertz CT molecular complexity index is 93.6. The molecule has 0 aliphatic rings. The smallest absolute Gasteiger partial charge is 0.0810 e. The average Bonchev–Trinajstić information content (AvgIpc) is 1.84. The van der Waals surface area contributed by atoms with Crippen molar-refractivity contribution in [3.05, 3.63) is 0 Å². The predicted octanol–water partition coefficient (Wildman–Crippen LogP) is 0.738. The summed E-state index contributed by atoms with van der Waals surface area (Å²) in [6.07, 6.45) is 5.33. The van der Waals surface area contributed by atoms with Crippen LogP contribution in [-0.4, -0.2) is 35.4 Å². The zero-order chi connectivity index (χ0) is 8.20. The molecule has 0 aromatic rings. The highest BCUT2D eigenvalue weighted by atomic mass is 32.3. The number of aliphatic hydroxyl groups is 1. The molecule has 0 radical (unpaired) electrons. The van der Waals surface area contributed by atoms with Gasteiger partial charge >= 0.3 is 0 Å². The first-order valence-electron chi connectivity index (χ1n) is 3.58. The Labute approximate surface area is 65.1 Å². The molecular weight excluding hydrogens is 146 g/mol. The molecule has 3 N–H and O–H groups in total. The van der Waals surface area contributed by atoms with Crippen LogP contribution in [0.15, 0.2) is 0 Å². The van der Waals surface area contributed by atoms with Crippen LogP contribution in [0.3, 0.4) is 0 Å². The molecule has 0 heterocycles. The maximum Gasteiger partial charge on any atom is 0.0810 e. The van der Waals surface area contributed by atoms with Crippen molar-refractivity contribution >= 4 is 10.0 Å². The standard InChI is InChI=1S/C7H19NOS/c1-7(9)10(2,3)6-4-5-8/h7,9H,4-6,8H2,1-3H3. The fourth-order valence-electron chi connectivity index (χ4n) is 0.626. The van der Waals surface area contributed by atoms with Gasteiger partial charge in [-0.3, -0.25) is 0 Å². The van der Waals surface area contributed by atoms with Crippen LogP contribution in [0, 0.1) is 0 Å². The van der Waals surface area contributed by atoms with Gasteiger partial charge in [-0.25, -0.2) is 10.0 Å². The molecule has 64 valence electrons. The van der Waals surface area contributed by atoms with Crippen molar-refractivity contribution in [3.63, 3.8) is 0 Å². The Morgan fingerprint density at radius 1 is 1.50 bits per heavy atom. The molecule has 1 atom stereocenters. The number of nitrogens with two attached hydrogens (primary N) is 1. The van der Waals surface area contributed by atoms with E-state index in [9.17, 15) is 5.11 Å². The Balaban J connectivity index is 3.63. The second-order valence-electron chi connectivity index (χ2n) is 3.07. The molecule has 0 aliphatic carbocycles. The van der Waals surface area contributed by atoms with Gasteiger partial charge in [0.25, 0.3) is 0 Å². The molecular formula is C7H19NOS. The summed E-state index contributed by atoms with van der Waals surface area (Å²) in [6, 6.07) is 0. The Morgan fingerprint density at radius 2 is 2.00 bits per heavy atom. The third kappa shape index (κ3) is 3.44. The lowest BCUT2D eigenvalue weighted by molar-refractivity contribution is 0.279. The molecule has 10 heavy (non-hydrogen) atoms. The van der Waals surface area contributed by atoms with Gasteiger partial charge in [0.1, 0.15) is 0 Å². The van der Waals surface area contributed by atoms with Crippen molar-refractivity contribution in [1.82, 2.24) is 0 Å². The van der Waals surface area contributed by atoms with E-state index in [2.05, 4.69) is 12.5 Å². The van der Waals surface area contributed by atoms with Gasteiger partial charge in [0, 0.05) is 0 Å². The molecule has 0 saturated carbocycles. The van der Waals surface area contributed by atoms with E-state index >= 15 is 0 Å². The Hall–Kier alpha value is 0.270. The molecule has 0 aromatic carbocycles. The maximum atomic E-state index is 9.30. The highest BCUT2D eigenvalue weighted by Crippen LogP contribution is 2.43. The fourth-order valence-corrected chi connectivity index (χ4v) is 1.88. The lowest BCUT2D eigenvalue weighted by Crippen LogP contribution is -2.17. The SMILES string of the molecule is CC(O)S(C)(C)CCCN. The zero-order valence-electron chi connectivity index (χ0n) is 7.13. The van der Waals surface area contributed by atoms with E-state index in [1.54, 1.807) is 0 Å². The van der Waals surface area contributed by atoms with Crippen LogP contribution in [0.5, 0.6) is 0 Å². The number of hydrogen-bond donors (Lipinski definition) is 2. The summed E-state index contributed by atoms with van der Waals surface area (Å²) in [5.74, 6) is 1.08. The zero-order valence-corrected chi connectivity index (χ0v) is 7.95. The second-order valence-corrected chi connectivity index (χ2v) is 7.41. The highest BCUT2D eigenvalue weighted by Gasteiger charge is 2.16. The summed E-state index contributed by atoms with van der Waals surface area (Å²) in [5, 5.41) is 9.30. The van der Waals surface area contributed by atoms with Crippen LogP contribution in [0.2, 0.25) is 0 Å². The quantitative estimate of drug-likeness (QED) is 0.645. The van der Waals surface area contributed by atoms with Crippen LogP contribution >= 0.6 is 10.0 Å². The van der Waals surface area contributed by atoms with Crippen molar-refractivity contribution in [2.75, 3.05) is 24.8 Å². The molecule has 2 nitrogen and oxygen atoms in total. The molecule has 0 aromatic heterocycles. The second kappa shape index (κ2) is 4.21. The molecule has 0 rings (SSSR count). The average molecular weight is 165 g/mol. The van der Waals surface area contributed by atoms with Gasteiger partial charge in [0.05, 0.1) is 5.44 Å². The molecule has 0 saturated heterocycles. The van der Waals surface area contributed by atoms with Gasteiger partial charge in [-0.2, -0.15) is 0 Å². The van der Waals surface area contributed by atoms with Crippen molar-refractivity contribution in [3.8, 4) is 0 Å². The molecule has 0 aliphatic heterocycles. The first-order chi connectivity index (χ1) is 4.50. The lowest BCUT2D eigenvalue weighted by Gasteiger charge is -2.34. The maximum absolute atomic E-state index is 9.30. The van der Waals surface area contributed by atoms with Crippen molar-refractivity contribution in [1.29, 1.82) is 0 Å². The fraction of sp³-hybridized carbons (Fsp3) is 1.00. The minimum atomic E-state index is -0.785. The largest absolute Gasteiger partial charge is 0.384 e. The van der Waals surface area contributed by atoms with E-state index in [1.807, 2.05) is 6.92 Å². The van der Waals surface area contributed by atoms with Crippen LogP contribution in [0.4, 0.5) is 0 Å². The molecule has 0 spiro atoms. The van der Waals surface area contributed by atoms with Crippen molar-refractivity contribution in [2.45, 2.75) is 18.8 Å². The first-order valence-corrected chi connectivity index (χ1v) is 6.27. The summed E-state index contributed by atoms with van der Waals surface area (Å²) < 4.78 is 0. The minimum Gasteiger partial charge on any atom is -0.384 e. The van der Waals surface area contributed by atoms with Gasteiger partial charge in [-0.1, -0.05) is 0 Å². The summed E-state index contributed by atoms with van der Waals surface area (Å²) >= 11 is 0. The monoisotopic (exact) mass is 165 g/mol. The summed E-state index contributed by atoms with van der Waals surface area (Å²) in [7, 11) is -0.785. The number of rotatable bonds is 4. The van der Waals surface area contributed by atoms with E-state index in [1.165, 1.54) is 0 Å². The van der Waals surface area contributed by atoms with Crippen molar-refractivity contribution in [2.24, 2.45) is 5.73 Å². The third-order valence-corrected chi connectivity index (χ3v) is 4.99. The number of hydrogen-bond acceptors (Lipinski definition) is 2. The van der Waals surface area contributed by atoms with E-state index in [-0.39, 0.29) is 5.44 Å². The molecule has 3 heteroatoms. The van der Waals surface area contributed by atoms with Gasteiger partial charge in [0.15, 0.2) is 0 Å². The minimum absolute atomic E-state index is 0.154.